The van der Waals surface area contributed by atoms with Crippen LogP contribution in [0.5, 0.6) is 0 Å². The molecular formula is C21H25N4O5PS4. The molecule has 2 aromatic heterocycles. The number of hydroxylamine groups is 2. The Morgan fingerprint density at radius 3 is 1.97 bits per heavy atom. The van der Waals surface area contributed by atoms with Crippen LogP contribution >= 0.6 is 50.5 Å². The molecule has 0 saturated carbocycles. The molecule has 35 heavy (non-hydrogen) atoms. The van der Waals surface area contributed by atoms with E-state index in [9.17, 15) is 18.9 Å². The van der Waals surface area contributed by atoms with Crippen LogP contribution in [0.15, 0.2) is 58.8 Å². The first-order valence-corrected chi connectivity index (χ1v) is 17.5. The van der Waals surface area contributed by atoms with Gasteiger partial charge in [-0.1, -0.05) is 33.7 Å². The second kappa shape index (κ2) is 14.9. The second-order valence-electron chi connectivity index (χ2n) is 7.19. The minimum Gasteiger partial charge on any atom is -0.330 e. The van der Waals surface area contributed by atoms with Crippen molar-refractivity contribution in [2.75, 3.05) is 30.4 Å². The minimum absolute atomic E-state index is 0.0436. The molecule has 3 rings (SSSR count). The molecule has 1 fully saturated rings. The highest BCUT2D eigenvalue weighted by Gasteiger charge is 2.32. The highest BCUT2D eigenvalue weighted by Crippen LogP contribution is 2.45. The van der Waals surface area contributed by atoms with Crippen molar-refractivity contribution in [2.45, 2.75) is 29.3 Å². The number of carbonyl (C=O) groups is 3. The van der Waals surface area contributed by atoms with Crippen molar-refractivity contribution < 1.29 is 23.8 Å². The number of hydrogen-bond acceptors (Lipinski definition) is 11. The number of nitrogens with zero attached hydrogens (tertiary/aromatic N) is 3. The van der Waals surface area contributed by atoms with Crippen LogP contribution in [0, 0.1) is 0 Å². The fourth-order valence-corrected chi connectivity index (χ4v) is 10.9. The molecule has 0 bridgehead atoms. The van der Waals surface area contributed by atoms with Crippen molar-refractivity contribution in [2.24, 2.45) is 0 Å². The van der Waals surface area contributed by atoms with E-state index in [0.29, 0.717) is 28.9 Å². The number of imide groups is 1. The van der Waals surface area contributed by atoms with E-state index in [2.05, 4.69) is 15.1 Å². The molecule has 1 aliphatic rings. The van der Waals surface area contributed by atoms with Crippen molar-refractivity contribution in [3.8, 4) is 0 Å². The monoisotopic (exact) mass is 572 g/mol. The van der Waals surface area contributed by atoms with Gasteiger partial charge in [-0.15, -0.1) is 5.06 Å². The molecule has 0 unspecified atom stereocenters. The third-order valence-electron chi connectivity index (χ3n) is 4.56. The van der Waals surface area contributed by atoms with E-state index in [-0.39, 0.29) is 25.8 Å². The van der Waals surface area contributed by atoms with Gasteiger partial charge in [-0.05, 0) is 45.9 Å². The maximum absolute atomic E-state index is 13.6. The molecular weight excluding hydrogens is 547 g/mol. The van der Waals surface area contributed by atoms with Gasteiger partial charge in [0, 0.05) is 55.6 Å². The van der Waals surface area contributed by atoms with Crippen molar-refractivity contribution in [1.29, 1.82) is 0 Å². The molecule has 1 saturated heterocycles. The van der Waals surface area contributed by atoms with Crippen LogP contribution in [0.3, 0.4) is 0 Å². The topological polar surface area (TPSA) is 119 Å². The molecule has 1 aliphatic heterocycles. The van der Waals surface area contributed by atoms with Crippen molar-refractivity contribution in [3.05, 3.63) is 48.8 Å². The summed E-state index contributed by atoms with van der Waals surface area (Å²) >= 11 is 0. The smallest absolute Gasteiger partial charge is 0.330 e. The fraction of sp³-hybridized carbons (Fsp3) is 0.381. The van der Waals surface area contributed by atoms with Crippen LogP contribution < -0.4 is 5.09 Å². The van der Waals surface area contributed by atoms with Gasteiger partial charge in [0.25, 0.3) is 11.8 Å². The molecule has 0 aliphatic carbocycles. The van der Waals surface area contributed by atoms with Crippen LogP contribution in [-0.4, -0.2) is 63.2 Å². The van der Waals surface area contributed by atoms with E-state index >= 15 is 0 Å². The first kappa shape index (κ1) is 28.1. The molecule has 0 aromatic carbocycles. The first-order valence-electron chi connectivity index (χ1n) is 10.8. The average Bonchev–Trinajstić information content (AvgIpc) is 3.18. The molecule has 0 atom stereocenters. The summed E-state index contributed by atoms with van der Waals surface area (Å²) in [5, 5.41) is 5.36. The SMILES string of the molecule is O=C(CCNP(=O)(CCSSc1ccccn1)CCSSc1ccccn1)ON1C(=O)CCC1=O. The van der Waals surface area contributed by atoms with Crippen molar-refractivity contribution >= 4 is 68.3 Å². The maximum Gasteiger partial charge on any atom is 0.334 e. The lowest BCUT2D eigenvalue weighted by atomic mass is 10.4. The summed E-state index contributed by atoms with van der Waals surface area (Å²) < 4.78 is 13.6. The number of rotatable bonds is 15. The summed E-state index contributed by atoms with van der Waals surface area (Å²) in [5.41, 5.74) is 0. The molecule has 3 heterocycles. The van der Waals surface area contributed by atoms with Crippen molar-refractivity contribution in [1.82, 2.24) is 20.1 Å². The molecule has 0 spiro atoms. The summed E-state index contributed by atoms with van der Waals surface area (Å²) in [6, 6.07) is 11.4. The molecule has 1 N–H and O–H groups in total. The van der Waals surface area contributed by atoms with E-state index in [4.69, 9.17) is 4.84 Å². The standard InChI is InChI=1S/C21H25N4O5PS4/c26-19-7-8-20(27)25(19)30-21(28)9-12-24-31(29,13-15-32-34-17-5-1-3-10-22-17)14-16-33-35-18-6-2-4-11-23-18/h1-6,10-11H,7-9,12-16H2,(H,24,29). The molecule has 2 aromatic rings. The number of nitrogens with one attached hydrogen (secondary N) is 1. The van der Waals surface area contributed by atoms with Crippen LogP contribution in [-0.2, 0) is 23.8 Å². The third-order valence-corrected chi connectivity index (χ3v) is 12.4. The number of amides is 2. The molecule has 188 valence electrons. The first-order chi connectivity index (χ1) is 17.0. The largest absolute Gasteiger partial charge is 0.334 e. The van der Waals surface area contributed by atoms with E-state index in [1.54, 1.807) is 34.0 Å². The number of pyridine rings is 2. The van der Waals surface area contributed by atoms with E-state index in [0.717, 1.165) is 10.1 Å². The second-order valence-corrected chi connectivity index (χ2v) is 15.0. The Kier molecular flexibility index (Phi) is 12.0. The van der Waals surface area contributed by atoms with Gasteiger partial charge in [-0.25, -0.2) is 14.8 Å². The van der Waals surface area contributed by atoms with Crippen LogP contribution in [0.25, 0.3) is 0 Å². The van der Waals surface area contributed by atoms with Gasteiger partial charge in [0.1, 0.15) is 17.3 Å². The van der Waals surface area contributed by atoms with Crippen LogP contribution in [0.2, 0.25) is 0 Å². The average molecular weight is 573 g/mol. The van der Waals surface area contributed by atoms with Crippen LogP contribution in [0.4, 0.5) is 0 Å². The quantitative estimate of drug-likeness (QED) is 0.140. The number of carbonyl (C=O) groups excluding carboxylic acids is 3. The zero-order valence-electron chi connectivity index (χ0n) is 18.7. The van der Waals surface area contributed by atoms with Crippen LogP contribution in [0.1, 0.15) is 19.3 Å². The fourth-order valence-electron chi connectivity index (χ4n) is 2.80. The summed E-state index contributed by atoms with van der Waals surface area (Å²) in [7, 11) is 3.42. The third kappa shape index (κ3) is 10.2. The predicted molar refractivity (Wildman–Crippen MR) is 142 cm³/mol. The Hall–Kier alpha value is -1.50. The predicted octanol–water partition coefficient (Wildman–Crippen LogP) is 4.52. The van der Waals surface area contributed by atoms with E-state index in [1.165, 1.54) is 21.6 Å². The van der Waals surface area contributed by atoms with E-state index < -0.39 is 25.1 Å². The Balaban J connectivity index is 1.45. The molecule has 2 amide bonds. The Labute approximate surface area is 219 Å². The summed E-state index contributed by atoms with van der Waals surface area (Å²) in [6.45, 7) is 0.127. The van der Waals surface area contributed by atoms with Gasteiger partial charge < -0.3 is 9.40 Å². The highest BCUT2D eigenvalue weighted by molar-refractivity contribution is 8.77. The lowest BCUT2D eigenvalue weighted by Gasteiger charge is -2.19. The minimum atomic E-state index is -2.79. The number of hydrogen-bond donors (Lipinski definition) is 1. The number of aromatic nitrogens is 2. The highest BCUT2D eigenvalue weighted by atomic mass is 33.1. The van der Waals surface area contributed by atoms with Gasteiger partial charge >= 0.3 is 5.97 Å². The summed E-state index contributed by atoms with van der Waals surface area (Å²) in [5.74, 6) is -0.471. The molecule has 14 heteroatoms. The zero-order valence-corrected chi connectivity index (χ0v) is 22.9. The maximum atomic E-state index is 13.6. The van der Waals surface area contributed by atoms with E-state index in [1.807, 2.05) is 36.4 Å². The van der Waals surface area contributed by atoms with Gasteiger partial charge in [0.15, 0.2) is 0 Å². The van der Waals surface area contributed by atoms with Gasteiger partial charge in [0.05, 0.1) is 6.42 Å². The van der Waals surface area contributed by atoms with Gasteiger partial charge in [0.2, 0.25) is 0 Å². The Morgan fingerprint density at radius 2 is 1.49 bits per heavy atom. The molecule has 0 radical (unpaired) electrons. The Morgan fingerprint density at radius 1 is 0.943 bits per heavy atom. The summed E-state index contributed by atoms with van der Waals surface area (Å²) in [6.07, 6.45) is 4.34. The lowest BCUT2D eigenvalue weighted by Crippen LogP contribution is -2.33. The lowest BCUT2D eigenvalue weighted by molar-refractivity contribution is -0.197. The molecule has 9 nitrogen and oxygen atoms in total. The van der Waals surface area contributed by atoms with Gasteiger partial charge in [-0.2, -0.15) is 0 Å². The zero-order chi connectivity index (χ0) is 24.9. The van der Waals surface area contributed by atoms with Gasteiger partial charge in [-0.3, -0.25) is 14.7 Å². The van der Waals surface area contributed by atoms with Crippen molar-refractivity contribution in [3.63, 3.8) is 0 Å². The summed E-state index contributed by atoms with van der Waals surface area (Å²) in [4.78, 5) is 48.7. The normalized spacial score (nSPS) is 13.9. The Bertz CT molecular complexity index is 967.